The minimum atomic E-state index is -0.235. The Morgan fingerprint density at radius 1 is 1.50 bits per heavy atom. The molecule has 3 aromatic rings. The van der Waals surface area contributed by atoms with Crippen LogP contribution in [0.2, 0.25) is 0 Å². The van der Waals surface area contributed by atoms with E-state index >= 15 is 0 Å². The van der Waals surface area contributed by atoms with Crippen LogP contribution in [0.1, 0.15) is 36.4 Å². The van der Waals surface area contributed by atoms with E-state index < -0.39 is 0 Å². The lowest BCUT2D eigenvalue weighted by atomic mass is 9.95. The fourth-order valence-corrected chi connectivity index (χ4v) is 4.52. The lowest BCUT2D eigenvalue weighted by molar-refractivity contribution is -0.149. The van der Waals surface area contributed by atoms with Crippen LogP contribution in [0, 0.1) is 5.92 Å². The van der Waals surface area contributed by atoms with Crippen LogP contribution < -0.4 is 0 Å². The number of carbonyl (C=O) groups is 1. The number of fused-ring (bicyclic) bond motifs is 1. The topological polar surface area (TPSA) is 93.1 Å². The summed E-state index contributed by atoms with van der Waals surface area (Å²) in [6, 6.07) is 3.50. The molecule has 4 heterocycles. The molecule has 8 nitrogen and oxygen atoms in total. The molecule has 3 aromatic heterocycles. The van der Waals surface area contributed by atoms with E-state index in [2.05, 4.69) is 15.0 Å². The number of thiazole rings is 1. The Kier molecular flexibility index (Phi) is 4.64. The summed E-state index contributed by atoms with van der Waals surface area (Å²) in [6.45, 7) is 3.65. The highest BCUT2D eigenvalue weighted by Gasteiger charge is 2.35. The molecule has 138 valence electrons. The van der Waals surface area contributed by atoms with Crippen molar-refractivity contribution in [1.82, 2.24) is 19.5 Å². The summed E-state index contributed by atoms with van der Waals surface area (Å²) >= 11 is 1.39. The predicted octanol–water partition coefficient (Wildman–Crippen LogP) is 2.45. The van der Waals surface area contributed by atoms with E-state index in [0.29, 0.717) is 24.7 Å². The molecule has 0 spiro atoms. The molecular weight excluding hydrogens is 356 g/mol. The van der Waals surface area contributed by atoms with Crippen molar-refractivity contribution in [2.75, 3.05) is 19.7 Å². The van der Waals surface area contributed by atoms with Crippen molar-refractivity contribution in [2.24, 2.45) is 5.92 Å². The lowest BCUT2D eigenvalue weighted by Crippen LogP contribution is -2.39. The zero-order chi connectivity index (χ0) is 18.1. The molecule has 0 radical (unpaired) electrons. The van der Waals surface area contributed by atoms with Crippen LogP contribution in [0.15, 0.2) is 29.1 Å². The van der Waals surface area contributed by atoms with E-state index in [-0.39, 0.29) is 23.8 Å². The number of furan rings is 1. The van der Waals surface area contributed by atoms with E-state index in [0.717, 1.165) is 23.5 Å². The van der Waals surface area contributed by atoms with Gasteiger partial charge in [0.15, 0.2) is 0 Å². The van der Waals surface area contributed by atoms with Gasteiger partial charge in [-0.15, -0.1) is 0 Å². The number of aromatic hydroxyl groups is 1. The molecule has 4 rings (SSSR count). The zero-order valence-electron chi connectivity index (χ0n) is 14.4. The molecule has 26 heavy (non-hydrogen) atoms. The molecule has 0 bridgehead atoms. The van der Waals surface area contributed by atoms with Gasteiger partial charge in [-0.25, -0.2) is 4.98 Å². The monoisotopic (exact) mass is 376 g/mol. The van der Waals surface area contributed by atoms with Gasteiger partial charge in [-0.1, -0.05) is 11.3 Å². The van der Waals surface area contributed by atoms with Gasteiger partial charge in [0, 0.05) is 13.1 Å². The first kappa shape index (κ1) is 17.0. The van der Waals surface area contributed by atoms with Gasteiger partial charge in [0.25, 0.3) is 0 Å². The third-order valence-corrected chi connectivity index (χ3v) is 5.80. The Morgan fingerprint density at radius 3 is 2.96 bits per heavy atom. The van der Waals surface area contributed by atoms with Crippen molar-refractivity contribution in [3.05, 3.63) is 35.4 Å². The summed E-state index contributed by atoms with van der Waals surface area (Å²) in [6.07, 6.45) is 4.49. The minimum absolute atomic E-state index is 0.0700. The largest absolute Gasteiger partial charge is 0.492 e. The van der Waals surface area contributed by atoms with Crippen LogP contribution in [0.3, 0.4) is 0 Å². The smallest absolute Gasteiger partial charge is 0.309 e. The molecule has 1 fully saturated rings. The number of hydrogen-bond donors (Lipinski definition) is 1. The highest BCUT2D eigenvalue weighted by molar-refractivity contribution is 7.17. The number of piperidine rings is 1. The maximum Gasteiger partial charge on any atom is 0.309 e. The molecule has 0 amide bonds. The summed E-state index contributed by atoms with van der Waals surface area (Å²) in [5, 5.41) is 14.7. The SMILES string of the molecule is CCOC(=O)C1CCN(C(c2ccco2)c2sc3ncnn3c2O)CC1. The standard InChI is InChI=1S/C17H20N4O4S/c1-2-24-16(23)11-5-7-20(8-6-11)13(12-4-3-9-25-12)14-15(22)21-17(26-14)18-10-19-21/h3-4,9-11,13,22H,2,5-8H2,1H3. The Balaban J connectivity index is 1.60. The fourth-order valence-electron chi connectivity index (χ4n) is 3.45. The van der Waals surface area contributed by atoms with Gasteiger partial charge in [0.1, 0.15) is 18.1 Å². The van der Waals surface area contributed by atoms with Gasteiger partial charge >= 0.3 is 5.97 Å². The second kappa shape index (κ2) is 7.08. The van der Waals surface area contributed by atoms with Gasteiger partial charge in [0.2, 0.25) is 10.8 Å². The first-order chi connectivity index (χ1) is 12.7. The van der Waals surface area contributed by atoms with Crippen molar-refractivity contribution in [1.29, 1.82) is 0 Å². The van der Waals surface area contributed by atoms with Crippen molar-refractivity contribution >= 4 is 22.3 Å². The van der Waals surface area contributed by atoms with E-state index in [4.69, 9.17) is 9.15 Å². The minimum Gasteiger partial charge on any atom is -0.492 e. The lowest BCUT2D eigenvalue weighted by Gasteiger charge is -2.35. The summed E-state index contributed by atoms with van der Waals surface area (Å²) in [5.41, 5.74) is 0. The van der Waals surface area contributed by atoms with Crippen molar-refractivity contribution in [2.45, 2.75) is 25.8 Å². The molecule has 1 unspecified atom stereocenters. The van der Waals surface area contributed by atoms with Crippen molar-refractivity contribution in [3.63, 3.8) is 0 Å². The first-order valence-electron chi connectivity index (χ1n) is 8.64. The van der Waals surface area contributed by atoms with Crippen LogP contribution in [0.4, 0.5) is 0 Å². The third kappa shape index (κ3) is 2.97. The van der Waals surface area contributed by atoms with Gasteiger partial charge in [-0.3, -0.25) is 9.69 Å². The van der Waals surface area contributed by atoms with E-state index in [1.54, 1.807) is 6.26 Å². The van der Waals surface area contributed by atoms with Crippen LogP contribution >= 0.6 is 11.3 Å². The van der Waals surface area contributed by atoms with E-state index in [1.165, 1.54) is 22.2 Å². The summed E-state index contributed by atoms with van der Waals surface area (Å²) in [4.78, 5) is 19.8. The van der Waals surface area contributed by atoms with Crippen LogP contribution in [0.5, 0.6) is 5.88 Å². The average Bonchev–Trinajstić information content (AvgIpc) is 3.37. The van der Waals surface area contributed by atoms with Gasteiger partial charge in [0.05, 0.1) is 23.7 Å². The van der Waals surface area contributed by atoms with Gasteiger partial charge in [-0.2, -0.15) is 9.61 Å². The molecule has 1 atom stereocenters. The molecule has 0 aliphatic carbocycles. The Morgan fingerprint density at radius 2 is 2.31 bits per heavy atom. The highest BCUT2D eigenvalue weighted by Crippen LogP contribution is 2.41. The summed E-state index contributed by atoms with van der Waals surface area (Å²) in [5.74, 6) is 0.638. The quantitative estimate of drug-likeness (QED) is 0.684. The van der Waals surface area contributed by atoms with Gasteiger partial charge < -0.3 is 14.3 Å². The molecule has 0 saturated carbocycles. The van der Waals surface area contributed by atoms with Crippen molar-refractivity contribution < 1.29 is 19.1 Å². The normalized spacial score (nSPS) is 17.6. The van der Waals surface area contributed by atoms with Gasteiger partial charge in [-0.05, 0) is 31.9 Å². The maximum atomic E-state index is 12.0. The zero-order valence-corrected chi connectivity index (χ0v) is 15.2. The summed E-state index contributed by atoms with van der Waals surface area (Å²) in [7, 11) is 0. The van der Waals surface area contributed by atoms with Crippen molar-refractivity contribution in [3.8, 4) is 5.88 Å². The Bertz CT molecular complexity index is 880. The predicted molar refractivity (Wildman–Crippen MR) is 94.0 cm³/mol. The second-order valence-electron chi connectivity index (χ2n) is 6.22. The molecule has 1 aliphatic rings. The average molecular weight is 376 g/mol. The highest BCUT2D eigenvalue weighted by atomic mass is 32.1. The van der Waals surface area contributed by atoms with Crippen LogP contribution in [-0.2, 0) is 9.53 Å². The number of aromatic nitrogens is 3. The number of hydrogen-bond acceptors (Lipinski definition) is 8. The third-order valence-electron chi connectivity index (χ3n) is 4.71. The number of likely N-dealkylation sites (tertiary alicyclic amines) is 1. The Labute approximate surface area is 154 Å². The van der Waals surface area contributed by atoms with Crippen LogP contribution in [0.25, 0.3) is 4.96 Å². The molecule has 1 saturated heterocycles. The fraction of sp³-hybridized carbons (Fsp3) is 0.471. The number of rotatable bonds is 5. The van der Waals surface area contributed by atoms with E-state index in [9.17, 15) is 9.90 Å². The first-order valence-corrected chi connectivity index (χ1v) is 9.46. The molecule has 1 aliphatic heterocycles. The maximum absolute atomic E-state index is 12.0. The molecular formula is C17H20N4O4S. The molecule has 0 aromatic carbocycles. The number of ether oxygens (including phenoxy) is 1. The van der Waals surface area contributed by atoms with E-state index in [1.807, 2.05) is 19.1 Å². The molecule has 1 N–H and O–H groups in total. The number of esters is 1. The number of nitrogens with zero attached hydrogens (tertiary/aromatic N) is 4. The Hall–Kier alpha value is -2.39. The summed E-state index contributed by atoms with van der Waals surface area (Å²) < 4.78 is 12.2. The van der Waals surface area contributed by atoms with Crippen LogP contribution in [-0.4, -0.2) is 50.3 Å². The second-order valence-corrected chi connectivity index (χ2v) is 7.23. The number of carbonyl (C=O) groups excluding carboxylic acids is 1. The molecule has 9 heteroatoms.